The Bertz CT molecular complexity index is 525. The van der Waals surface area contributed by atoms with Crippen molar-refractivity contribution in [2.75, 3.05) is 11.1 Å². The zero-order chi connectivity index (χ0) is 13.9. The lowest BCUT2D eigenvalue weighted by atomic mass is 10.1. The molecular formula is C15H23NO2S. The molecule has 106 valence electrons. The molecule has 1 N–H and O–H groups in total. The third-order valence-corrected chi connectivity index (χ3v) is 5.87. The zero-order valence-corrected chi connectivity index (χ0v) is 12.5. The normalized spacial score (nSPS) is 23.5. The molecule has 0 saturated heterocycles. The van der Waals surface area contributed by atoms with Crippen molar-refractivity contribution >= 4 is 15.5 Å². The Labute approximate surface area is 116 Å². The Kier molecular flexibility index (Phi) is 4.50. The second-order valence-corrected chi connectivity index (χ2v) is 7.55. The maximum absolute atomic E-state index is 12.3. The number of hydrogen-bond donors (Lipinski definition) is 1. The summed E-state index contributed by atoms with van der Waals surface area (Å²) in [6, 6.07) is 7.69. The van der Waals surface area contributed by atoms with Gasteiger partial charge in [0.15, 0.2) is 9.84 Å². The summed E-state index contributed by atoms with van der Waals surface area (Å²) < 4.78 is 24.5. The van der Waals surface area contributed by atoms with E-state index in [2.05, 4.69) is 12.2 Å². The van der Waals surface area contributed by atoms with E-state index in [9.17, 15) is 8.42 Å². The van der Waals surface area contributed by atoms with Gasteiger partial charge >= 0.3 is 0 Å². The van der Waals surface area contributed by atoms with Gasteiger partial charge in [-0.2, -0.15) is 0 Å². The molecule has 2 atom stereocenters. The van der Waals surface area contributed by atoms with Gasteiger partial charge in [-0.3, -0.25) is 0 Å². The summed E-state index contributed by atoms with van der Waals surface area (Å²) in [6.07, 6.45) is 4.23. The summed E-state index contributed by atoms with van der Waals surface area (Å²) in [5.41, 5.74) is 0.773. The van der Waals surface area contributed by atoms with Crippen LogP contribution in [0.3, 0.4) is 0 Å². The Hall–Kier alpha value is -1.03. The number of rotatable bonds is 5. The molecule has 2 rings (SSSR count). The van der Waals surface area contributed by atoms with Crippen LogP contribution in [0.15, 0.2) is 29.2 Å². The molecule has 0 aromatic heterocycles. The first-order valence-corrected chi connectivity index (χ1v) is 8.78. The van der Waals surface area contributed by atoms with Crippen molar-refractivity contribution in [2.45, 2.75) is 50.5 Å². The van der Waals surface area contributed by atoms with Crippen LogP contribution in [0.1, 0.15) is 39.5 Å². The van der Waals surface area contributed by atoms with E-state index >= 15 is 0 Å². The van der Waals surface area contributed by atoms with Crippen LogP contribution in [-0.2, 0) is 9.84 Å². The molecule has 0 heterocycles. The maximum atomic E-state index is 12.3. The van der Waals surface area contributed by atoms with Crippen molar-refractivity contribution < 1.29 is 8.42 Å². The number of nitrogens with one attached hydrogen (secondary N) is 1. The molecule has 19 heavy (non-hydrogen) atoms. The fraction of sp³-hybridized carbons (Fsp3) is 0.600. The predicted molar refractivity (Wildman–Crippen MR) is 79.2 cm³/mol. The Morgan fingerprint density at radius 2 is 2.00 bits per heavy atom. The van der Waals surface area contributed by atoms with Crippen LogP contribution in [0.4, 0.5) is 5.69 Å². The molecule has 1 aliphatic carbocycles. The van der Waals surface area contributed by atoms with Crippen molar-refractivity contribution in [3.05, 3.63) is 24.3 Å². The van der Waals surface area contributed by atoms with Crippen LogP contribution in [-0.4, -0.2) is 20.2 Å². The molecule has 2 unspecified atom stereocenters. The largest absolute Gasteiger partial charge is 0.381 e. The second kappa shape index (κ2) is 5.95. The third kappa shape index (κ3) is 3.30. The highest BCUT2D eigenvalue weighted by atomic mass is 32.2. The first kappa shape index (κ1) is 14.4. The summed E-state index contributed by atoms with van der Waals surface area (Å²) in [4.78, 5) is 0.455. The molecule has 1 aromatic carbocycles. The maximum Gasteiger partial charge on any atom is 0.180 e. The fourth-order valence-corrected chi connectivity index (χ4v) is 4.30. The summed E-state index contributed by atoms with van der Waals surface area (Å²) in [7, 11) is -3.16. The van der Waals surface area contributed by atoms with E-state index < -0.39 is 9.84 Å². The van der Waals surface area contributed by atoms with Gasteiger partial charge in [0.1, 0.15) is 0 Å². The Balaban J connectivity index is 2.26. The minimum absolute atomic E-state index is 0.214. The van der Waals surface area contributed by atoms with E-state index in [1.807, 2.05) is 19.1 Å². The first-order chi connectivity index (χ1) is 9.04. The van der Waals surface area contributed by atoms with Crippen LogP contribution < -0.4 is 5.32 Å². The van der Waals surface area contributed by atoms with E-state index in [-0.39, 0.29) is 5.75 Å². The Morgan fingerprint density at radius 1 is 1.26 bits per heavy atom. The van der Waals surface area contributed by atoms with Gasteiger partial charge < -0.3 is 5.32 Å². The molecule has 0 spiro atoms. The van der Waals surface area contributed by atoms with Crippen molar-refractivity contribution in [3.63, 3.8) is 0 Å². The standard InChI is InChI=1S/C15H23NO2S/c1-3-11-19(17,18)15-10-5-4-8-14(15)16-13-9-6-7-12(13)2/h4-5,8,10,12-13,16H,3,6-7,9,11H2,1-2H3. The van der Waals surface area contributed by atoms with E-state index in [4.69, 9.17) is 0 Å². The number of anilines is 1. The van der Waals surface area contributed by atoms with E-state index in [1.165, 1.54) is 12.8 Å². The summed E-state index contributed by atoms with van der Waals surface area (Å²) >= 11 is 0. The first-order valence-electron chi connectivity index (χ1n) is 7.13. The van der Waals surface area contributed by atoms with Crippen molar-refractivity contribution in [2.24, 2.45) is 5.92 Å². The fourth-order valence-electron chi connectivity index (χ4n) is 2.80. The minimum Gasteiger partial charge on any atom is -0.381 e. The lowest BCUT2D eigenvalue weighted by Crippen LogP contribution is -2.23. The molecular weight excluding hydrogens is 258 g/mol. The number of sulfone groups is 1. The van der Waals surface area contributed by atoms with Gasteiger partial charge in [-0.05, 0) is 37.3 Å². The van der Waals surface area contributed by atoms with Crippen molar-refractivity contribution in [1.29, 1.82) is 0 Å². The topological polar surface area (TPSA) is 46.2 Å². The van der Waals surface area contributed by atoms with Crippen molar-refractivity contribution in [3.8, 4) is 0 Å². The van der Waals surface area contributed by atoms with Crippen LogP contribution in [0.2, 0.25) is 0 Å². The number of hydrogen-bond acceptors (Lipinski definition) is 3. The summed E-state index contributed by atoms with van der Waals surface area (Å²) in [5.74, 6) is 0.827. The smallest absolute Gasteiger partial charge is 0.180 e. The predicted octanol–water partition coefficient (Wildman–Crippen LogP) is 3.47. The van der Waals surface area contributed by atoms with Gasteiger partial charge in [-0.15, -0.1) is 0 Å². The summed E-state index contributed by atoms with van der Waals surface area (Å²) in [6.45, 7) is 4.13. The van der Waals surface area contributed by atoms with E-state index in [0.29, 0.717) is 23.3 Å². The average Bonchev–Trinajstić information content (AvgIpc) is 2.75. The number of benzene rings is 1. The van der Waals surface area contributed by atoms with Crippen molar-refractivity contribution in [1.82, 2.24) is 0 Å². The highest BCUT2D eigenvalue weighted by Gasteiger charge is 2.25. The SMILES string of the molecule is CCCS(=O)(=O)c1ccccc1NC1CCCC1C. The van der Waals surface area contributed by atoms with E-state index in [0.717, 1.165) is 12.1 Å². The van der Waals surface area contributed by atoms with Gasteiger partial charge in [0, 0.05) is 6.04 Å². The molecule has 0 radical (unpaired) electrons. The monoisotopic (exact) mass is 281 g/mol. The third-order valence-electron chi connectivity index (χ3n) is 3.90. The molecule has 1 aliphatic rings. The molecule has 0 aliphatic heterocycles. The van der Waals surface area contributed by atoms with Crippen LogP contribution in [0.5, 0.6) is 0 Å². The van der Waals surface area contributed by atoms with Gasteiger partial charge in [0.25, 0.3) is 0 Å². The zero-order valence-electron chi connectivity index (χ0n) is 11.7. The van der Waals surface area contributed by atoms with Gasteiger partial charge in [0.05, 0.1) is 16.3 Å². The lowest BCUT2D eigenvalue weighted by Gasteiger charge is -2.20. The molecule has 4 heteroatoms. The molecule has 1 fully saturated rings. The van der Waals surface area contributed by atoms with Crippen LogP contribution >= 0.6 is 0 Å². The highest BCUT2D eigenvalue weighted by molar-refractivity contribution is 7.91. The van der Waals surface area contributed by atoms with Gasteiger partial charge in [0.2, 0.25) is 0 Å². The van der Waals surface area contributed by atoms with Gasteiger partial charge in [-0.25, -0.2) is 8.42 Å². The van der Waals surface area contributed by atoms with Gasteiger partial charge in [-0.1, -0.05) is 32.4 Å². The quantitative estimate of drug-likeness (QED) is 0.899. The molecule has 0 bridgehead atoms. The lowest BCUT2D eigenvalue weighted by molar-refractivity contribution is 0.554. The van der Waals surface area contributed by atoms with E-state index in [1.54, 1.807) is 12.1 Å². The molecule has 0 amide bonds. The average molecular weight is 281 g/mol. The molecule has 1 aromatic rings. The molecule has 3 nitrogen and oxygen atoms in total. The number of para-hydroxylation sites is 1. The van der Waals surface area contributed by atoms with Crippen LogP contribution in [0.25, 0.3) is 0 Å². The second-order valence-electron chi connectivity index (χ2n) is 5.47. The molecule has 1 saturated carbocycles. The highest BCUT2D eigenvalue weighted by Crippen LogP contribution is 2.30. The Morgan fingerprint density at radius 3 is 2.63 bits per heavy atom. The summed E-state index contributed by atoms with van der Waals surface area (Å²) in [5, 5.41) is 3.44. The minimum atomic E-state index is -3.16. The van der Waals surface area contributed by atoms with Crippen LogP contribution in [0, 0.1) is 5.92 Å².